The van der Waals surface area contributed by atoms with Crippen LogP contribution < -0.4 is 10.1 Å². The van der Waals surface area contributed by atoms with Gasteiger partial charge in [-0.05, 0) is 62.4 Å². The summed E-state index contributed by atoms with van der Waals surface area (Å²) >= 11 is 5.93. The fraction of sp³-hybridized carbons (Fsp3) is 0.333. The predicted octanol–water partition coefficient (Wildman–Crippen LogP) is 3.50. The molecule has 1 heterocycles. The van der Waals surface area contributed by atoms with Crippen molar-refractivity contribution < 1.29 is 13.2 Å². The third kappa shape index (κ3) is 4.33. The van der Waals surface area contributed by atoms with Gasteiger partial charge < -0.3 is 10.1 Å². The summed E-state index contributed by atoms with van der Waals surface area (Å²) in [7, 11) is -1.55. The Labute approximate surface area is 153 Å². The molecule has 0 spiro atoms. The van der Waals surface area contributed by atoms with Gasteiger partial charge in [-0.2, -0.15) is 4.31 Å². The second kappa shape index (κ2) is 7.74. The molecule has 0 aromatic heterocycles. The molecular weight excluding hydrogens is 360 g/mol. The summed E-state index contributed by atoms with van der Waals surface area (Å²) in [5, 5.41) is 3.79. The lowest BCUT2D eigenvalue weighted by molar-refractivity contribution is 0.298. The van der Waals surface area contributed by atoms with E-state index in [0.717, 1.165) is 12.8 Å². The molecule has 7 heteroatoms. The van der Waals surface area contributed by atoms with E-state index >= 15 is 0 Å². The van der Waals surface area contributed by atoms with Crippen molar-refractivity contribution in [2.24, 2.45) is 0 Å². The lowest BCUT2D eigenvalue weighted by atomic mass is 10.1. The first kappa shape index (κ1) is 18.2. The van der Waals surface area contributed by atoms with E-state index in [4.69, 9.17) is 16.3 Å². The monoisotopic (exact) mass is 380 g/mol. The molecule has 0 saturated carbocycles. The van der Waals surface area contributed by atoms with Crippen LogP contribution in [0.4, 0.5) is 0 Å². The van der Waals surface area contributed by atoms with Crippen LogP contribution in [0.5, 0.6) is 11.5 Å². The van der Waals surface area contributed by atoms with E-state index in [0.29, 0.717) is 35.7 Å². The zero-order valence-electron chi connectivity index (χ0n) is 14.0. The van der Waals surface area contributed by atoms with Crippen LogP contribution in [-0.4, -0.2) is 38.9 Å². The number of ether oxygens (including phenoxy) is 1. The summed E-state index contributed by atoms with van der Waals surface area (Å²) in [5.74, 6) is 1.17. The van der Waals surface area contributed by atoms with Crippen LogP contribution in [0.3, 0.4) is 0 Å². The van der Waals surface area contributed by atoms with Crippen LogP contribution in [0.15, 0.2) is 53.4 Å². The Morgan fingerprint density at radius 2 is 1.76 bits per heavy atom. The topological polar surface area (TPSA) is 58.6 Å². The zero-order valence-corrected chi connectivity index (χ0v) is 15.6. The molecule has 1 aliphatic rings. The second-order valence-corrected chi connectivity index (χ2v) is 8.37. The molecular formula is C18H21ClN2O3S. The number of hydrogen-bond acceptors (Lipinski definition) is 4. The average Bonchev–Trinajstić information content (AvgIpc) is 2.62. The highest BCUT2D eigenvalue weighted by Gasteiger charge is 2.28. The first-order chi connectivity index (χ1) is 12.0. The van der Waals surface area contributed by atoms with Gasteiger partial charge in [-0.15, -0.1) is 0 Å². The van der Waals surface area contributed by atoms with Crippen molar-refractivity contribution in [3.05, 3.63) is 53.6 Å². The Bertz CT molecular complexity index is 816. The summed E-state index contributed by atoms with van der Waals surface area (Å²) in [6.45, 7) is 1.07. The van der Waals surface area contributed by atoms with E-state index in [-0.39, 0.29) is 4.90 Å². The van der Waals surface area contributed by atoms with Crippen LogP contribution in [-0.2, 0) is 10.0 Å². The second-order valence-electron chi connectivity index (χ2n) is 6.00. The minimum absolute atomic E-state index is 0.286. The fourth-order valence-electron chi connectivity index (χ4n) is 2.88. The number of nitrogens with zero attached hydrogens (tertiary/aromatic N) is 1. The van der Waals surface area contributed by atoms with Crippen molar-refractivity contribution in [3.8, 4) is 11.5 Å². The van der Waals surface area contributed by atoms with E-state index in [1.54, 1.807) is 52.8 Å². The first-order valence-electron chi connectivity index (χ1n) is 8.20. The highest BCUT2D eigenvalue weighted by molar-refractivity contribution is 7.89. The van der Waals surface area contributed by atoms with Gasteiger partial charge in [-0.1, -0.05) is 17.7 Å². The maximum atomic E-state index is 12.7. The number of halogens is 1. The molecule has 0 atom stereocenters. The highest BCUT2D eigenvalue weighted by atomic mass is 35.5. The van der Waals surface area contributed by atoms with Crippen LogP contribution in [0.25, 0.3) is 0 Å². The normalized spacial score (nSPS) is 16.7. The molecule has 0 unspecified atom stereocenters. The molecule has 1 aliphatic heterocycles. The van der Waals surface area contributed by atoms with Gasteiger partial charge in [0.05, 0.1) is 4.90 Å². The molecule has 5 nitrogen and oxygen atoms in total. The van der Waals surface area contributed by atoms with Crippen molar-refractivity contribution >= 4 is 21.6 Å². The van der Waals surface area contributed by atoms with Crippen molar-refractivity contribution in [2.45, 2.75) is 23.8 Å². The molecule has 1 N–H and O–H groups in total. The van der Waals surface area contributed by atoms with Crippen LogP contribution in [0, 0.1) is 0 Å². The van der Waals surface area contributed by atoms with E-state index in [2.05, 4.69) is 5.32 Å². The van der Waals surface area contributed by atoms with Gasteiger partial charge in [0, 0.05) is 24.2 Å². The Morgan fingerprint density at radius 3 is 2.36 bits per heavy atom. The Morgan fingerprint density at radius 1 is 1.08 bits per heavy atom. The lowest BCUT2D eigenvalue weighted by Gasteiger charge is -2.31. The van der Waals surface area contributed by atoms with Gasteiger partial charge in [0.1, 0.15) is 11.5 Å². The third-order valence-electron chi connectivity index (χ3n) is 4.36. The molecule has 2 aromatic carbocycles. The number of hydrogen-bond donors (Lipinski definition) is 1. The van der Waals surface area contributed by atoms with Gasteiger partial charge in [-0.25, -0.2) is 8.42 Å². The zero-order chi connectivity index (χ0) is 17.9. The molecule has 0 aliphatic carbocycles. The van der Waals surface area contributed by atoms with E-state index in [1.807, 2.05) is 7.05 Å². The molecule has 1 fully saturated rings. The lowest BCUT2D eigenvalue weighted by Crippen LogP contribution is -2.43. The maximum absolute atomic E-state index is 12.7. The largest absolute Gasteiger partial charge is 0.457 e. The quantitative estimate of drug-likeness (QED) is 0.862. The van der Waals surface area contributed by atoms with E-state index in [9.17, 15) is 8.42 Å². The van der Waals surface area contributed by atoms with Crippen molar-refractivity contribution in [1.82, 2.24) is 9.62 Å². The third-order valence-corrected chi connectivity index (χ3v) is 6.50. The summed E-state index contributed by atoms with van der Waals surface area (Å²) in [5.41, 5.74) is 0. The van der Waals surface area contributed by atoms with E-state index < -0.39 is 10.0 Å². The Hall–Kier alpha value is -1.60. The standard InChI is InChI=1S/C18H21ClN2O3S/c1-20-15-9-11-21(12-10-15)25(22,23)18-7-5-16(6-8-18)24-17-4-2-3-14(19)13-17/h2-8,13,15,20H,9-12H2,1H3. The molecule has 0 radical (unpaired) electrons. The SMILES string of the molecule is CNC1CCN(S(=O)(=O)c2ccc(Oc3cccc(Cl)c3)cc2)CC1. The summed E-state index contributed by atoms with van der Waals surface area (Å²) in [4.78, 5) is 0.286. The highest BCUT2D eigenvalue weighted by Crippen LogP contribution is 2.27. The summed E-state index contributed by atoms with van der Waals surface area (Å²) < 4.78 is 32.7. The van der Waals surface area contributed by atoms with Crippen LogP contribution in [0.2, 0.25) is 5.02 Å². The fourth-order valence-corrected chi connectivity index (χ4v) is 4.53. The predicted molar refractivity (Wildman–Crippen MR) is 98.8 cm³/mol. The summed E-state index contributed by atoms with van der Waals surface area (Å²) in [6.07, 6.45) is 1.65. The molecule has 0 amide bonds. The molecule has 3 rings (SSSR count). The maximum Gasteiger partial charge on any atom is 0.243 e. The molecule has 134 valence electrons. The molecule has 25 heavy (non-hydrogen) atoms. The van der Waals surface area contributed by atoms with Gasteiger partial charge in [-0.3, -0.25) is 0 Å². The number of nitrogens with one attached hydrogen (secondary N) is 1. The van der Waals surface area contributed by atoms with Crippen molar-refractivity contribution in [3.63, 3.8) is 0 Å². The molecule has 2 aromatic rings. The average molecular weight is 381 g/mol. The van der Waals surface area contributed by atoms with Gasteiger partial charge in [0.2, 0.25) is 10.0 Å². The van der Waals surface area contributed by atoms with Gasteiger partial charge in [0.25, 0.3) is 0 Å². The number of piperidine rings is 1. The van der Waals surface area contributed by atoms with Crippen LogP contribution in [0.1, 0.15) is 12.8 Å². The molecule has 0 bridgehead atoms. The summed E-state index contributed by atoms with van der Waals surface area (Å²) in [6, 6.07) is 13.9. The van der Waals surface area contributed by atoms with Gasteiger partial charge in [0.15, 0.2) is 0 Å². The molecule has 1 saturated heterocycles. The van der Waals surface area contributed by atoms with Crippen molar-refractivity contribution in [1.29, 1.82) is 0 Å². The van der Waals surface area contributed by atoms with E-state index in [1.165, 1.54) is 0 Å². The van der Waals surface area contributed by atoms with Crippen molar-refractivity contribution in [2.75, 3.05) is 20.1 Å². The smallest absolute Gasteiger partial charge is 0.243 e. The minimum Gasteiger partial charge on any atom is -0.457 e. The van der Waals surface area contributed by atoms with Gasteiger partial charge >= 0.3 is 0 Å². The number of sulfonamides is 1. The minimum atomic E-state index is -3.46. The first-order valence-corrected chi connectivity index (χ1v) is 10.0. The van der Waals surface area contributed by atoms with Crippen LogP contribution >= 0.6 is 11.6 Å². The number of rotatable bonds is 5. The Kier molecular flexibility index (Phi) is 5.64. The number of benzene rings is 2. The Balaban J connectivity index is 1.71.